The summed E-state index contributed by atoms with van der Waals surface area (Å²) in [6.07, 6.45) is 1.45. The van der Waals surface area contributed by atoms with E-state index in [4.69, 9.17) is 16.3 Å². The van der Waals surface area contributed by atoms with Crippen LogP contribution in [0.25, 0.3) is 6.08 Å². The van der Waals surface area contributed by atoms with Gasteiger partial charge >= 0.3 is 0 Å². The number of carbonyl (C=O) groups is 1. The lowest BCUT2D eigenvalue weighted by atomic mass is 10.1. The maximum absolute atomic E-state index is 13.8. The summed E-state index contributed by atoms with van der Waals surface area (Å²) in [5.41, 5.74) is 1.81. The van der Waals surface area contributed by atoms with Crippen LogP contribution in [-0.4, -0.2) is 5.91 Å². The highest BCUT2D eigenvalue weighted by Crippen LogP contribution is 2.36. The molecule has 0 saturated carbocycles. The lowest BCUT2D eigenvalue weighted by Gasteiger charge is -2.14. The van der Waals surface area contributed by atoms with Gasteiger partial charge in [-0.3, -0.25) is 4.79 Å². The van der Waals surface area contributed by atoms with Crippen molar-refractivity contribution < 1.29 is 13.9 Å². The Balaban J connectivity index is 1.75. The van der Waals surface area contributed by atoms with Crippen molar-refractivity contribution in [2.45, 2.75) is 19.6 Å². The zero-order chi connectivity index (χ0) is 23.1. The van der Waals surface area contributed by atoms with Crippen LogP contribution in [-0.2, 0) is 11.4 Å². The van der Waals surface area contributed by atoms with Crippen LogP contribution in [0.5, 0.6) is 5.75 Å². The molecule has 0 fully saturated rings. The Morgan fingerprint density at radius 1 is 1.22 bits per heavy atom. The van der Waals surface area contributed by atoms with Crippen LogP contribution in [0.15, 0.2) is 76.8 Å². The third-order valence-corrected chi connectivity index (χ3v) is 5.54. The summed E-state index contributed by atoms with van der Waals surface area (Å²) in [4.78, 5) is 12.6. The predicted molar refractivity (Wildman–Crippen MR) is 126 cm³/mol. The molecule has 0 radical (unpaired) electrons. The fourth-order valence-corrected chi connectivity index (χ4v) is 3.97. The lowest BCUT2D eigenvalue weighted by Crippen LogP contribution is -2.27. The fourth-order valence-electron chi connectivity index (χ4n) is 2.98. The van der Waals surface area contributed by atoms with Gasteiger partial charge in [-0.1, -0.05) is 60.1 Å². The van der Waals surface area contributed by atoms with E-state index in [-0.39, 0.29) is 29.1 Å². The van der Waals surface area contributed by atoms with Gasteiger partial charge in [0, 0.05) is 5.56 Å². The molecule has 1 N–H and O–H groups in total. The quantitative estimate of drug-likeness (QED) is 0.286. The third kappa shape index (κ3) is 5.97. The van der Waals surface area contributed by atoms with E-state index in [9.17, 15) is 14.4 Å². The van der Waals surface area contributed by atoms with E-state index < -0.39 is 5.91 Å². The molecule has 3 aromatic carbocycles. The Bertz CT molecular complexity index is 1170. The number of benzene rings is 3. The molecule has 0 saturated heterocycles. The van der Waals surface area contributed by atoms with Crippen molar-refractivity contribution in [3.8, 4) is 11.8 Å². The number of hydrogen-bond acceptors (Lipinski definition) is 3. The van der Waals surface area contributed by atoms with Crippen LogP contribution in [0.2, 0.25) is 5.02 Å². The van der Waals surface area contributed by atoms with Crippen LogP contribution >= 0.6 is 27.5 Å². The van der Waals surface area contributed by atoms with Gasteiger partial charge in [-0.25, -0.2) is 4.39 Å². The van der Waals surface area contributed by atoms with E-state index in [2.05, 4.69) is 21.2 Å². The first-order chi connectivity index (χ1) is 15.4. The zero-order valence-electron chi connectivity index (χ0n) is 17.1. The van der Waals surface area contributed by atoms with Gasteiger partial charge in [0.2, 0.25) is 0 Å². The summed E-state index contributed by atoms with van der Waals surface area (Å²) in [6.45, 7) is 1.85. The van der Waals surface area contributed by atoms with Crippen molar-refractivity contribution in [2.24, 2.45) is 0 Å². The monoisotopic (exact) mass is 512 g/mol. The molecular formula is C25H19BrClFN2O2. The van der Waals surface area contributed by atoms with Gasteiger partial charge in [-0.15, -0.1) is 0 Å². The standard InChI is InChI=1S/C25H19BrClFN2O2/c1-16(18-7-3-2-4-8-18)30-25(31)20(14-29)11-17-12-21(26)24(22(27)13-17)32-15-19-9-5-6-10-23(19)28/h2-13,16H,15H2,1H3,(H,30,31)/b20-11-/t16-/m0/s1. The zero-order valence-corrected chi connectivity index (χ0v) is 19.5. The van der Waals surface area contributed by atoms with Crippen LogP contribution in [0, 0.1) is 17.1 Å². The van der Waals surface area contributed by atoms with Gasteiger partial charge in [-0.2, -0.15) is 5.26 Å². The van der Waals surface area contributed by atoms with Crippen molar-refractivity contribution in [3.05, 3.63) is 104 Å². The number of nitrogens with zero attached hydrogens (tertiary/aromatic N) is 1. The Labute approximate surface area is 199 Å². The highest BCUT2D eigenvalue weighted by Gasteiger charge is 2.15. The van der Waals surface area contributed by atoms with Crippen LogP contribution in [0.1, 0.15) is 29.7 Å². The van der Waals surface area contributed by atoms with Crippen LogP contribution in [0.4, 0.5) is 4.39 Å². The average molecular weight is 514 g/mol. The number of rotatable bonds is 7. The van der Waals surface area contributed by atoms with Gasteiger partial charge in [0.05, 0.1) is 15.5 Å². The summed E-state index contributed by atoms with van der Waals surface area (Å²) >= 11 is 9.74. The largest absolute Gasteiger partial charge is 0.486 e. The highest BCUT2D eigenvalue weighted by atomic mass is 79.9. The average Bonchev–Trinajstić information content (AvgIpc) is 2.78. The molecule has 162 valence electrons. The molecule has 0 aliphatic rings. The SMILES string of the molecule is C[C@H](NC(=O)/C(C#N)=C\c1cc(Cl)c(OCc2ccccc2F)c(Br)c1)c1ccccc1. The molecule has 3 rings (SSSR count). The molecule has 4 nitrogen and oxygen atoms in total. The molecule has 0 heterocycles. The molecule has 0 spiro atoms. The van der Waals surface area contributed by atoms with E-state index in [0.717, 1.165) is 5.56 Å². The molecule has 0 aliphatic heterocycles. The third-order valence-electron chi connectivity index (χ3n) is 4.67. The summed E-state index contributed by atoms with van der Waals surface area (Å²) < 4.78 is 20.0. The number of carbonyl (C=O) groups excluding carboxylic acids is 1. The first-order valence-electron chi connectivity index (χ1n) is 9.72. The van der Waals surface area contributed by atoms with Crippen molar-refractivity contribution in [3.63, 3.8) is 0 Å². The number of nitrogens with one attached hydrogen (secondary N) is 1. The Hall–Kier alpha value is -3.14. The molecule has 7 heteroatoms. The van der Waals surface area contributed by atoms with Gasteiger partial charge in [0.25, 0.3) is 5.91 Å². The topological polar surface area (TPSA) is 62.1 Å². The summed E-state index contributed by atoms with van der Waals surface area (Å²) in [7, 11) is 0. The van der Waals surface area contributed by atoms with E-state index in [1.807, 2.05) is 43.3 Å². The summed E-state index contributed by atoms with van der Waals surface area (Å²) in [6, 6.07) is 20.7. The summed E-state index contributed by atoms with van der Waals surface area (Å²) in [5.74, 6) is -0.516. The van der Waals surface area contributed by atoms with E-state index >= 15 is 0 Å². The smallest absolute Gasteiger partial charge is 0.262 e. The second-order valence-electron chi connectivity index (χ2n) is 6.97. The predicted octanol–water partition coefficient (Wildman–Crippen LogP) is 6.60. The van der Waals surface area contributed by atoms with Crippen molar-refractivity contribution in [1.82, 2.24) is 5.32 Å². The van der Waals surface area contributed by atoms with Gasteiger partial charge in [-0.05, 0) is 58.3 Å². The molecule has 0 aromatic heterocycles. The maximum atomic E-state index is 13.8. The van der Waals surface area contributed by atoms with Crippen molar-refractivity contribution in [1.29, 1.82) is 5.26 Å². The second kappa shape index (κ2) is 10.9. The van der Waals surface area contributed by atoms with Gasteiger partial charge < -0.3 is 10.1 Å². The number of nitriles is 1. The highest BCUT2D eigenvalue weighted by molar-refractivity contribution is 9.10. The molecule has 0 bridgehead atoms. The van der Waals surface area contributed by atoms with Crippen molar-refractivity contribution in [2.75, 3.05) is 0 Å². The molecule has 3 aromatic rings. The molecular weight excluding hydrogens is 495 g/mol. The lowest BCUT2D eigenvalue weighted by molar-refractivity contribution is -0.117. The number of hydrogen-bond donors (Lipinski definition) is 1. The molecule has 0 unspecified atom stereocenters. The normalized spacial score (nSPS) is 12.0. The second-order valence-corrected chi connectivity index (χ2v) is 8.23. The number of amides is 1. The molecule has 0 aliphatic carbocycles. The Kier molecular flexibility index (Phi) is 8.04. The fraction of sp³-hybridized carbons (Fsp3) is 0.120. The van der Waals surface area contributed by atoms with Crippen molar-refractivity contribution >= 4 is 39.5 Å². The first kappa shape index (κ1) is 23.5. The number of halogens is 3. The number of ether oxygens (including phenoxy) is 1. The maximum Gasteiger partial charge on any atom is 0.262 e. The Morgan fingerprint density at radius 2 is 1.91 bits per heavy atom. The van der Waals surface area contributed by atoms with Crippen LogP contribution < -0.4 is 10.1 Å². The minimum Gasteiger partial charge on any atom is -0.486 e. The van der Waals surface area contributed by atoms with Crippen LogP contribution in [0.3, 0.4) is 0 Å². The summed E-state index contributed by atoms with van der Waals surface area (Å²) in [5, 5.41) is 12.6. The molecule has 1 amide bonds. The van der Waals surface area contributed by atoms with Gasteiger partial charge in [0.1, 0.15) is 24.1 Å². The Morgan fingerprint density at radius 3 is 2.56 bits per heavy atom. The van der Waals surface area contributed by atoms with E-state index in [1.165, 1.54) is 12.1 Å². The minimum atomic E-state index is -0.490. The molecule has 1 atom stereocenters. The van der Waals surface area contributed by atoms with E-state index in [1.54, 1.807) is 30.3 Å². The van der Waals surface area contributed by atoms with Gasteiger partial charge in [0.15, 0.2) is 5.75 Å². The minimum absolute atomic E-state index is 0.00338. The molecule has 32 heavy (non-hydrogen) atoms. The first-order valence-corrected chi connectivity index (χ1v) is 10.9. The van der Waals surface area contributed by atoms with E-state index in [0.29, 0.717) is 21.3 Å².